The van der Waals surface area contributed by atoms with Gasteiger partial charge in [-0.25, -0.2) is 4.79 Å². The van der Waals surface area contributed by atoms with Crippen molar-refractivity contribution < 1.29 is 51.7 Å². The number of ether oxygens (including phenoxy) is 3. The zero-order chi connectivity index (χ0) is 42.4. The van der Waals surface area contributed by atoms with Crippen LogP contribution in [0.25, 0.3) is 0 Å². The van der Waals surface area contributed by atoms with Gasteiger partial charge in [0.15, 0.2) is 12.4 Å². The maximum Gasteiger partial charge on any atom is 0.416 e. The third kappa shape index (κ3) is 12.7. The number of hydrogen-bond acceptors (Lipinski definition) is 7. The fourth-order valence-corrected chi connectivity index (χ4v) is 6.16. The molecule has 13 heteroatoms. The third-order valence-corrected chi connectivity index (χ3v) is 9.37. The van der Waals surface area contributed by atoms with Crippen molar-refractivity contribution in [2.45, 2.75) is 58.2 Å². The van der Waals surface area contributed by atoms with E-state index in [0.717, 1.165) is 18.9 Å². The van der Waals surface area contributed by atoms with Crippen LogP contribution in [-0.4, -0.2) is 49.0 Å². The number of carboxylic acids is 1. The summed E-state index contributed by atoms with van der Waals surface area (Å²) in [6.07, 6.45) is 0.438. The van der Waals surface area contributed by atoms with Gasteiger partial charge in [-0.15, -0.1) is 0 Å². The number of hydrogen-bond donors (Lipinski definition) is 2. The summed E-state index contributed by atoms with van der Waals surface area (Å²) in [5.74, 6) is -1.45. The number of methoxy groups -OCH3 is 1. The Kier molecular flexibility index (Phi) is 15.3. The Morgan fingerprint density at radius 3 is 2.02 bits per heavy atom. The SMILES string of the molecule is CCCCCCCOc1ccc(C(=O)COc2ccc(CN(C(=O)c3ccc(NC(=O)Cc4ccc(OC)cc4C(F)(F)F)cc3)c3cccc(C(=O)O)c3)cc2)cc1. The molecule has 0 saturated heterocycles. The van der Waals surface area contributed by atoms with Crippen molar-refractivity contribution in [1.82, 2.24) is 0 Å². The highest BCUT2D eigenvalue weighted by Crippen LogP contribution is 2.35. The van der Waals surface area contributed by atoms with Gasteiger partial charge in [0.25, 0.3) is 5.91 Å². The molecule has 10 nitrogen and oxygen atoms in total. The molecule has 0 bridgehead atoms. The largest absolute Gasteiger partial charge is 0.497 e. The Morgan fingerprint density at radius 1 is 0.712 bits per heavy atom. The molecule has 0 saturated carbocycles. The molecule has 0 atom stereocenters. The van der Waals surface area contributed by atoms with Gasteiger partial charge < -0.3 is 29.5 Å². The fraction of sp³-hybridized carbons (Fsp3) is 0.261. The van der Waals surface area contributed by atoms with Gasteiger partial charge in [0.2, 0.25) is 5.91 Å². The Labute approximate surface area is 340 Å². The molecule has 0 aliphatic rings. The first-order valence-corrected chi connectivity index (χ1v) is 19.1. The molecule has 59 heavy (non-hydrogen) atoms. The van der Waals surface area contributed by atoms with Gasteiger partial charge in [-0.05, 0) is 109 Å². The van der Waals surface area contributed by atoms with Crippen molar-refractivity contribution in [3.63, 3.8) is 0 Å². The van der Waals surface area contributed by atoms with E-state index in [9.17, 15) is 37.5 Å². The van der Waals surface area contributed by atoms with Crippen molar-refractivity contribution in [2.75, 3.05) is 30.5 Å². The maximum absolute atomic E-state index is 14.0. The lowest BCUT2D eigenvalue weighted by Crippen LogP contribution is -2.30. The average molecular weight is 811 g/mol. The summed E-state index contributed by atoms with van der Waals surface area (Å²) in [6.45, 7) is 2.62. The number of nitrogens with one attached hydrogen (secondary N) is 1. The van der Waals surface area contributed by atoms with E-state index < -0.39 is 35.9 Å². The molecule has 308 valence electrons. The number of carboxylic acid groups (broad SMARTS) is 1. The number of aromatic carboxylic acids is 1. The van der Waals surface area contributed by atoms with Crippen molar-refractivity contribution >= 4 is 34.9 Å². The summed E-state index contributed by atoms with van der Waals surface area (Å²) < 4.78 is 57.5. The summed E-state index contributed by atoms with van der Waals surface area (Å²) in [6, 6.07) is 28.8. The number of benzene rings is 5. The highest BCUT2D eigenvalue weighted by Gasteiger charge is 2.34. The lowest BCUT2D eigenvalue weighted by atomic mass is 10.0. The van der Waals surface area contributed by atoms with Crippen LogP contribution < -0.4 is 24.4 Å². The third-order valence-electron chi connectivity index (χ3n) is 9.37. The molecule has 2 amide bonds. The van der Waals surface area contributed by atoms with Crippen molar-refractivity contribution in [1.29, 1.82) is 0 Å². The Morgan fingerprint density at radius 2 is 1.36 bits per heavy atom. The van der Waals surface area contributed by atoms with Crippen LogP contribution in [0.4, 0.5) is 24.5 Å². The van der Waals surface area contributed by atoms with Gasteiger partial charge in [-0.3, -0.25) is 14.4 Å². The van der Waals surface area contributed by atoms with Gasteiger partial charge in [0.05, 0.1) is 37.8 Å². The number of carbonyl (C=O) groups is 4. The fourth-order valence-electron chi connectivity index (χ4n) is 6.16. The molecule has 2 N–H and O–H groups in total. The molecular weight excluding hydrogens is 766 g/mol. The van der Waals surface area contributed by atoms with E-state index in [2.05, 4.69) is 12.2 Å². The zero-order valence-electron chi connectivity index (χ0n) is 32.7. The normalized spacial score (nSPS) is 11.1. The predicted octanol–water partition coefficient (Wildman–Crippen LogP) is 10.1. The van der Waals surface area contributed by atoms with Crippen LogP contribution in [0.1, 0.15) is 86.8 Å². The van der Waals surface area contributed by atoms with E-state index in [4.69, 9.17) is 14.2 Å². The van der Waals surface area contributed by atoms with E-state index in [0.29, 0.717) is 34.9 Å². The first kappa shape index (κ1) is 43.5. The highest BCUT2D eigenvalue weighted by molar-refractivity contribution is 6.07. The summed E-state index contributed by atoms with van der Waals surface area (Å²) in [4.78, 5) is 52.8. The number of halogens is 3. The number of anilines is 2. The summed E-state index contributed by atoms with van der Waals surface area (Å²) in [5.41, 5.74) is 0.653. The van der Waals surface area contributed by atoms with E-state index in [1.54, 1.807) is 54.6 Å². The smallest absolute Gasteiger partial charge is 0.416 e. The van der Waals surface area contributed by atoms with E-state index in [1.165, 1.54) is 85.9 Å². The van der Waals surface area contributed by atoms with E-state index in [-0.39, 0.29) is 47.1 Å². The molecule has 5 aromatic rings. The van der Waals surface area contributed by atoms with Crippen LogP contribution in [0.3, 0.4) is 0 Å². The Bertz CT molecular complexity index is 2210. The zero-order valence-corrected chi connectivity index (χ0v) is 32.7. The molecule has 0 fully saturated rings. The number of Topliss-reactive ketones (excluding diaryl/α,β-unsaturated/α-hetero) is 1. The van der Waals surface area contributed by atoms with E-state index >= 15 is 0 Å². The molecule has 5 rings (SSSR count). The number of unbranched alkanes of at least 4 members (excludes halogenated alkanes) is 4. The molecule has 0 unspecified atom stereocenters. The second-order valence-corrected chi connectivity index (χ2v) is 13.7. The average Bonchev–Trinajstić information content (AvgIpc) is 3.23. The van der Waals surface area contributed by atoms with Gasteiger partial charge in [0, 0.05) is 22.5 Å². The topological polar surface area (TPSA) is 131 Å². The van der Waals surface area contributed by atoms with Gasteiger partial charge in [0.1, 0.15) is 17.2 Å². The minimum atomic E-state index is -4.70. The lowest BCUT2D eigenvalue weighted by Gasteiger charge is -2.24. The molecule has 0 spiro atoms. The molecular formula is C46H45F3N2O8. The second kappa shape index (κ2) is 20.7. The monoisotopic (exact) mass is 810 g/mol. The van der Waals surface area contributed by atoms with Crippen LogP contribution in [0.15, 0.2) is 115 Å². The molecule has 0 aromatic heterocycles. The number of ketones is 1. The Balaban J connectivity index is 1.22. The Hall–Kier alpha value is -6.63. The van der Waals surface area contributed by atoms with Crippen LogP contribution in [0.2, 0.25) is 0 Å². The molecule has 5 aromatic carbocycles. The summed E-state index contributed by atoms with van der Waals surface area (Å²) >= 11 is 0. The van der Waals surface area contributed by atoms with Crippen LogP contribution in [0, 0.1) is 0 Å². The lowest BCUT2D eigenvalue weighted by molar-refractivity contribution is -0.138. The number of nitrogens with zero attached hydrogens (tertiary/aromatic N) is 1. The minimum absolute atomic E-state index is 0.00675. The molecule has 0 heterocycles. The number of alkyl halides is 3. The van der Waals surface area contributed by atoms with E-state index in [1.807, 2.05) is 0 Å². The highest BCUT2D eigenvalue weighted by atomic mass is 19.4. The standard InChI is InChI=1S/C46H45F3N2O8/c1-3-4-5-6-7-25-58-38-22-15-32(16-23-38)42(52)30-59-39-20-11-31(12-21-39)29-51(37-10-8-9-35(26-37)45(55)56)44(54)33-13-18-36(19-14-33)50-43(53)27-34-17-24-40(57-2)28-41(34)46(47,48)49/h8-24,26,28H,3-7,25,27,29-30H2,1-2H3,(H,50,53)(H,55,56). The van der Waals surface area contributed by atoms with Crippen LogP contribution in [0.5, 0.6) is 17.2 Å². The minimum Gasteiger partial charge on any atom is -0.497 e. The second-order valence-electron chi connectivity index (χ2n) is 13.7. The van der Waals surface area contributed by atoms with Crippen LogP contribution >= 0.6 is 0 Å². The number of rotatable bonds is 20. The number of carbonyl (C=O) groups excluding carboxylic acids is 3. The van der Waals surface area contributed by atoms with Gasteiger partial charge >= 0.3 is 12.1 Å². The van der Waals surface area contributed by atoms with Crippen LogP contribution in [-0.2, 0) is 23.9 Å². The molecule has 0 radical (unpaired) electrons. The van der Waals surface area contributed by atoms with Crippen molar-refractivity contribution in [2.24, 2.45) is 0 Å². The summed E-state index contributed by atoms with van der Waals surface area (Å²) in [7, 11) is 1.25. The quantitative estimate of drug-likeness (QED) is 0.0587. The van der Waals surface area contributed by atoms with Gasteiger partial charge in [-0.1, -0.05) is 56.9 Å². The first-order chi connectivity index (χ1) is 28.3. The molecule has 0 aliphatic heterocycles. The maximum atomic E-state index is 14.0. The number of amides is 2. The summed E-state index contributed by atoms with van der Waals surface area (Å²) in [5, 5.41) is 12.2. The van der Waals surface area contributed by atoms with Crippen molar-refractivity contribution in [3.05, 3.63) is 149 Å². The van der Waals surface area contributed by atoms with Gasteiger partial charge in [-0.2, -0.15) is 13.2 Å². The molecule has 0 aliphatic carbocycles. The first-order valence-electron chi connectivity index (χ1n) is 19.1. The predicted molar refractivity (Wildman–Crippen MR) is 218 cm³/mol. The van der Waals surface area contributed by atoms with Crippen molar-refractivity contribution in [3.8, 4) is 17.2 Å².